The van der Waals surface area contributed by atoms with Gasteiger partial charge in [-0.25, -0.2) is 5.48 Å². The second-order valence-electron chi connectivity index (χ2n) is 16.1. The Bertz CT molecular complexity index is 1190. The van der Waals surface area contributed by atoms with E-state index >= 15 is 0 Å². The lowest BCUT2D eigenvalue weighted by Crippen LogP contribution is -2.62. The summed E-state index contributed by atoms with van der Waals surface area (Å²) < 4.78 is 15.8. The average Bonchev–Trinajstić information content (AvgIpc) is 3.47. The molecule has 0 aromatic rings. The number of aliphatic hydroxyl groups excluding tert-OH is 2. The molecule has 14 heteroatoms. The molecule has 298 valence electrons. The monoisotopic (exact) mass is 739 g/mol. The molecule has 4 saturated carbocycles. The summed E-state index contributed by atoms with van der Waals surface area (Å²) in [6, 6.07) is 0. The lowest BCUT2D eigenvalue weighted by atomic mass is 9.43. The number of nitrogens with one attached hydrogen (secondary N) is 3. The predicted molar refractivity (Wildman–Crippen MR) is 190 cm³/mol. The van der Waals surface area contributed by atoms with Crippen LogP contribution in [0.2, 0.25) is 0 Å². The highest BCUT2D eigenvalue weighted by Gasteiger charge is 2.65. The molecule has 4 aliphatic carbocycles. The Kier molecular flexibility index (Phi) is 16.2. The van der Waals surface area contributed by atoms with Gasteiger partial charge in [0.25, 0.3) is 0 Å². The number of aliphatic hydroxyl groups is 2. The fourth-order valence-electron chi connectivity index (χ4n) is 10.4. The number of ether oxygens (including phenoxy) is 3. The molecular weight excluding hydrogens is 674 g/mol. The second-order valence-corrected chi connectivity index (χ2v) is 16.1. The van der Waals surface area contributed by atoms with Crippen molar-refractivity contribution in [3.05, 3.63) is 0 Å². The Morgan fingerprint density at radius 1 is 0.808 bits per heavy atom. The molecule has 0 radical (unpaired) electrons. The minimum absolute atomic E-state index is 0.0128. The molecule has 0 bridgehead atoms. The van der Waals surface area contributed by atoms with Crippen LogP contribution in [0.25, 0.3) is 0 Å². The maximum Gasteiger partial charge on any atom is 0.303 e. The molecule has 0 aliphatic heterocycles. The van der Waals surface area contributed by atoms with Gasteiger partial charge in [-0.2, -0.15) is 0 Å². The Labute approximate surface area is 308 Å². The molecule has 0 saturated heterocycles. The van der Waals surface area contributed by atoms with Gasteiger partial charge in [-0.15, -0.1) is 0 Å². The van der Waals surface area contributed by atoms with Gasteiger partial charge in [-0.05, 0) is 105 Å². The Balaban J connectivity index is 1.12. The van der Waals surface area contributed by atoms with Crippen molar-refractivity contribution in [2.24, 2.45) is 46.3 Å². The minimum atomic E-state index is -0.785. The summed E-state index contributed by atoms with van der Waals surface area (Å²) in [5, 5.41) is 38.1. The summed E-state index contributed by atoms with van der Waals surface area (Å²) in [4.78, 5) is 53.5. The molecule has 11 atom stereocenters. The summed E-state index contributed by atoms with van der Waals surface area (Å²) in [7, 11) is 0. The molecule has 4 aliphatic rings. The average molecular weight is 740 g/mol. The molecule has 14 nitrogen and oxygen atoms in total. The fourth-order valence-corrected chi connectivity index (χ4v) is 10.4. The van der Waals surface area contributed by atoms with Crippen LogP contribution in [0.4, 0.5) is 0 Å². The van der Waals surface area contributed by atoms with Gasteiger partial charge in [0.05, 0.1) is 44.7 Å². The van der Waals surface area contributed by atoms with Gasteiger partial charge >= 0.3 is 5.97 Å². The zero-order valence-corrected chi connectivity index (χ0v) is 31.7. The summed E-state index contributed by atoms with van der Waals surface area (Å²) in [6.07, 6.45) is 5.11. The van der Waals surface area contributed by atoms with E-state index in [0.717, 1.165) is 25.7 Å². The Hall–Kier alpha value is -2.36. The maximum atomic E-state index is 12.5. The van der Waals surface area contributed by atoms with Crippen LogP contribution >= 0.6 is 0 Å². The number of hydrogen-bond donors (Lipinski definition) is 6. The van der Waals surface area contributed by atoms with Crippen molar-refractivity contribution in [3.8, 4) is 0 Å². The third-order valence-corrected chi connectivity index (χ3v) is 13.2. The van der Waals surface area contributed by atoms with E-state index in [0.29, 0.717) is 45.4 Å². The quantitative estimate of drug-likeness (QED) is 0.0747. The maximum absolute atomic E-state index is 12.5. The topological polar surface area (TPSA) is 202 Å². The highest BCUT2D eigenvalue weighted by molar-refractivity contribution is 5.83. The van der Waals surface area contributed by atoms with E-state index in [9.17, 15) is 34.5 Å². The van der Waals surface area contributed by atoms with E-state index in [4.69, 9.17) is 19.0 Å². The standard InChI is InChI=1S/C38H65N3O11/c1-5-49-16-14-40-34(46)23-51-19-18-50-17-15-39-32(44)9-10-33(45)41-52-26-12-13-37(3)25(20-26)21-30(42)36-28-8-7-27(24(2)6-11-35(47)48)38(28,4)31(43)22-29(36)37/h24-31,36,42-43H,5-23H2,1-4H3,(H,39,44)(H,40,46)(H,41,45)(H,47,48)/t24-,25+,26?,27-,28?,29?,30-,31+,36+,37+,38-/m1/s1. The largest absolute Gasteiger partial charge is 0.481 e. The Morgan fingerprint density at radius 3 is 2.23 bits per heavy atom. The highest BCUT2D eigenvalue weighted by atomic mass is 16.7. The third-order valence-electron chi connectivity index (χ3n) is 13.2. The highest BCUT2D eigenvalue weighted by Crippen LogP contribution is 2.68. The van der Waals surface area contributed by atoms with Crippen molar-refractivity contribution in [1.82, 2.24) is 16.1 Å². The number of hydrogen-bond acceptors (Lipinski definition) is 10. The van der Waals surface area contributed by atoms with E-state index in [1.54, 1.807) is 0 Å². The molecule has 3 amide bonds. The van der Waals surface area contributed by atoms with Crippen LogP contribution in [0, 0.1) is 46.3 Å². The normalized spacial score (nSPS) is 34.3. The van der Waals surface area contributed by atoms with Crippen LogP contribution in [0.3, 0.4) is 0 Å². The van der Waals surface area contributed by atoms with Crippen LogP contribution in [0.5, 0.6) is 0 Å². The summed E-state index contributed by atoms with van der Waals surface area (Å²) in [5.74, 6) is -0.534. The van der Waals surface area contributed by atoms with E-state index in [1.807, 2.05) is 6.92 Å². The molecular formula is C38H65N3O11. The number of fused-ring (bicyclic) bond motifs is 5. The van der Waals surface area contributed by atoms with Gasteiger partial charge in [-0.1, -0.05) is 20.8 Å². The zero-order chi connectivity index (χ0) is 37.9. The van der Waals surface area contributed by atoms with Crippen LogP contribution < -0.4 is 16.1 Å². The van der Waals surface area contributed by atoms with Crippen molar-refractivity contribution >= 4 is 23.7 Å². The lowest BCUT2D eigenvalue weighted by molar-refractivity contribution is -0.212. The first-order chi connectivity index (χ1) is 24.8. The second kappa shape index (κ2) is 19.8. The van der Waals surface area contributed by atoms with Crippen molar-refractivity contribution in [2.75, 3.05) is 52.7 Å². The SMILES string of the molecule is CCOCCNC(=O)COCCOCCNC(=O)CCC(=O)NOC1CC[C@]2(C)C3C[C@H](O)[C@@]4(C)C(CC[C@@H]4[C@H](C)CCC(=O)O)[C@@H]3[C@H](O)C[C@@H]2C1. The first-order valence-electron chi connectivity index (χ1n) is 19.6. The Morgan fingerprint density at radius 2 is 1.50 bits per heavy atom. The number of aliphatic carboxylic acids is 1. The van der Waals surface area contributed by atoms with Crippen LogP contribution in [-0.2, 0) is 38.2 Å². The fraction of sp³-hybridized carbons (Fsp3) is 0.895. The summed E-state index contributed by atoms with van der Waals surface area (Å²) >= 11 is 0. The number of carboxylic acids is 1. The van der Waals surface area contributed by atoms with Crippen LogP contribution in [-0.4, -0.2) is 110 Å². The molecule has 3 unspecified atom stereocenters. The van der Waals surface area contributed by atoms with E-state index in [2.05, 4.69) is 36.9 Å². The van der Waals surface area contributed by atoms with Crippen LogP contribution in [0.1, 0.15) is 98.3 Å². The van der Waals surface area contributed by atoms with Crippen LogP contribution in [0.15, 0.2) is 0 Å². The smallest absolute Gasteiger partial charge is 0.303 e. The zero-order valence-electron chi connectivity index (χ0n) is 31.7. The molecule has 4 rings (SSSR count). The molecule has 6 N–H and O–H groups in total. The number of carbonyl (C=O) groups is 4. The van der Waals surface area contributed by atoms with Gasteiger partial charge < -0.3 is 40.2 Å². The first kappa shape index (κ1) is 42.4. The number of carbonyl (C=O) groups excluding carboxylic acids is 3. The predicted octanol–water partition coefficient (Wildman–Crippen LogP) is 2.59. The van der Waals surface area contributed by atoms with Gasteiger partial charge in [0.15, 0.2) is 0 Å². The molecule has 4 fully saturated rings. The number of hydroxylamine groups is 1. The van der Waals surface area contributed by atoms with Crippen molar-refractivity contribution in [3.63, 3.8) is 0 Å². The van der Waals surface area contributed by atoms with E-state index in [1.165, 1.54) is 0 Å². The molecule has 52 heavy (non-hydrogen) atoms. The molecule has 0 aromatic carbocycles. The third kappa shape index (κ3) is 10.7. The van der Waals surface area contributed by atoms with E-state index < -0.39 is 18.2 Å². The van der Waals surface area contributed by atoms with Gasteiger partial charge in [0.2, 0.25) is 17.7 Å². The summed E-state index contributed by atoms with van der Waals surface area (Å²) in [5.41, 5.74) is 2.16. The summed E-state index contributed by atoms with van der Waals surface area (Å²) in [6.45, 7) is 11.0. The van der Waals surface area contributed by atoms with Gasteiger partial charge in [0, 0.05) is 39.0 Å². The molecule has 0 aromatic heterocycles. The minimum Gasteiger partial charge on any atom is -0.481 e. The number of carboxylic acid groups (broad SMARTS) is 1. The van der Waals surface area contributed by atoms with Gasteiger partial charge in [0.1, 0.15) is 6.61 Å². The lowest BCUT2D eigenvalue weighted by Gasteiger charge is -2.63. The number of rotatable bonds is 21. The van der Waals surface area contributed by atoms with Crippen molar-refractivity contribution in [2.45, 2.75) is 117 Å². The van der Waals surface area contributed by atoms with Crippen molar-refractivity contribution in [1.29, 1.82) is 0 Å². The van der Waals surface area contributed by atoms with Gasteiger partial charge in [-0.3, -0.25) is 24.0 Å². The van der Waals surface area contributed by atoms with E-state index in [-0.39, 0.29) is 122 Å². The molecule has 0 spiro atoms. The molecule has 0 heterocycles. The number of amides is 3. The first-order valence-corrected chi connectivity index (χ1v) is 19.6. The van der Waals surface area contributed by atoms with Crippen molar-refractivity contribution < 1.29 is 53.5 Å².